The largest absolute Gasteiger partial charge is 0.166 e. The molecule has 0 aliphatic rings. The van der Waals surface area contributed by atoms with E-state index >= 15 is 0 Å². The Morgan fingerprint density at radius 1 is 0.440 bits per heavy atom. The monoisotopic (exact) mass is 341 g/mol. The Labute approximate surface area is 153 Å². The lowest BCUT2D eigenvalue weighted by Crippen LogP contribution is -2.05. The molecule has 0 saturated carbocycles. The van der Waals surface area contributed by atoms with Crippen LogP contribution in [0.1, 0.15) is 16.7 Å². The van der Waals surface area contributed by atoms with Crippen LogP contribution in [-0.2, 0) is 10.9 Å². The van der Waals surface area contributed by atoms with Crippen LogP contribution in [0.25, 0.3) is 18.2 Å². The van der Waals surface area contributed by atoms with Gasteiger partial charge in [0.05, 0.1) is 10.9 Å². The topological polar surface area (TPSA) is 0 Å². The maximum atomic E-state index is 3.84. The molecule has 3 aromatic rings. The van der Waals surface area contributed by atoms with Crippen LogP contribution in [-0.4, -0.2) is 0 Å². The molecule has 0 unspecified atom stereocenters. The highest BCUT2D eigenvalue weighted by Crippen LogP contribution is 2.32. The van der Waals surface area contributed by atoms with Crippen LogP contribution >= 0.6 is 0 Å². The Morgan fingerprint density at radius 3 is 0.880 bits per heavy atom. The molecular formula is C24H21S+. The first kappa shape index (κ1) is 17.1. The summed E-state index contributed by atoms with van der Waals surface area (Å²) in [4.78, 5) is 3.88. The van der Waals surface area contributed by atoms with Crippen molar-refractivity contribution in [3.8, 4) is 0 Å². The van der Waals surface area contributed by atoms with Crippen molar-refractivity contribution in [2.45, 2.75) is 14.7 Å². The Bertz CT molecular complexity index is 746. The summed E-state index contributed by atoms with van der Waals surface area (Å²) in [6.07, 6.45) is 5.62. The highest BCUT2D eigenvalue weighted by atomic mass is 32.2. The van der Waals surface area contributed by atoms with Crippen molar-refractivity contribution in [1.82, 2.24) is 0 Å². The third kappa shape index (κ3) is 3.84. The zero-order chi connectivity index (χ0) is 17.6. The van der Waals surface area contributed by atoms with Gasteiger partial charge in [0.15, 0.2) is 14.7 Å². The molecule has 0 aliphatic heterocycles. The Balaban J connectivity index is 2.09. The van der Waals surface area contributed by atoms with Gasteiger partial charge in [0.2, 0.25) is 0 Å². The van der Waals surface area contributed by atoms with Crippen molar-refractivity contribution in [2.75, 3.05) is 0 Å². The lowest BCUT2D eigenvalue weighted by molar-refractivity contribution is 1.31. The first-order valence-corrected chi connectivity index (χ1v) is 9.39. The average molecular weight is 341 g/mol. The number of hydrogen-bond acceptors (Lipinski definition) is 0. The van der Waals surface area contributed by atoms with E-state index in [0.29, 0.717) is 0 Å². The van der Waals surface area contributed by atoms with Crippen molar-refractivity contribution in [3.05, 3.63) is 109 Å². The van der Waals surface area contributed by atoms with E-state index in [1.807, 2.05) is 18.2 Å². The van der Waals surface area contributed by atoms with Gasteiger partial charge in [-0.1, -0.05) is 38.0 Å². The van der Waals surface area contributed by atoms with E-state index in [9.17, 15) is 0 Å². The van der Waals surface area contributed by atoms with Gasteiger partial charge in [-0.15, -0.1) is 0 Å². The summed E-state index contributed by atoms with van der Waals surface area (Å²) in [6, 6.07) is 25.9. The Kier molecular flexibility index (Phi) is 5.37. The van der Waals surface area contributed by atoms with Gasteiger partial charge in [0, 0.05) is 0 Å². The van der Waals surface area contributed by atoms with E-state index in [2.05, 4.69) is 92.5 Å². The maximum Gasteiger partial charge on any atom is 0.166 e. The normalized spacial score (nSPS) is 10.4. The smallest absolute Gasteiger partial charge is 0.0985 e. The molecule has 122 valence electrons. The molecule has 3 rings (SSSR count). The molecule has 0 aromatic heterocycles. The number of hydrogen-bond donors (Lipinski definition) is 0. The number of rotatable bonds is 6. The first-order valence-electron chi connectivity index (χ1n) is 8.17. The lowest BCUT2D eigenvalue weighted by atomic mass is 10.2. The molecule has 0 bridgehead atoms. The van der Waals surface area contributed by atoms with Crippen LogP contribution in [0.3, 0.4) is 0 Å². The number of benzene rings is 3. The quantitative estimate of drug-likeness (QED) is 0.437. The molecule has 0 spiro atoms. The fourth-order valence-electron chi connectivity index (χ4n) is 2.63. The standard InChI is InChI=1S/C24H21S/c1-4-19-7-13-22(14-8-19)25(23-15-9-20(5-2)10-16-23)24-17-11-21(6-3)12-18-24/h4-18H,1-3H2/q+1. The summed E-state index contributed by atoms with van der Waals surface area (Å²) in [5, 5.41) is 0. The maximum absolute atomic E-state index is 3.84. The summed E-state index contributed by atoms with van der Waals surface area (Å²) >= 11 is 0. The van der Waals surface area contributed by atoms with Crippen LogP contribution in [0.15, 0.2) is 107 Å². The molecule has 0 aliphatic carbocycles. The second-order valence-electron chi connectivity index (χ2n) is 5.63. The summed E-state index contributed by atoms with van der Waals surface area (Å²) in [7, 11) is -0.148. The molecule has 0 radical (unpaired) electrons. The molecule has 0 amide bonds. The molecule has 0 nitrogen and oxygen atoms in total. The molecule has 0 heterocycles. The predicted octanol–water partition coefficient (Wildman–Crippen LogP) is 6.71. The van der Waals surface area contributed by atoms with E-state index in [1.165, 1.54) is 14.7 Å². The highest BCUT2D eigenvalue weighted by molar-refractivity contribution is 7.97. The van der Waals surface area contributed by atoms with Crippen LogP contribution < -0.4 is 0 Å². The summed E-state index contributed by atoms with van der Waals surface area (Å²) < 4.78 is 0. The van der Waals surface area contributed by atoms with Crippen LogP contribution in [0, 0.1) is 0 Å². The van der Waals surface area contributed by atoms with Crippen molar-refractivity contribution in [2.24, 2.45) is 0 Å². The van der Waals surface area contributed by atoms with Gasteiger partial charge < -0.3 is 0 Å². The minimum Gasteiger partial charge on any atom is -0.0985 e. The van der Waals surface area contributed by atoms with Crippen molar-refractivity contribution >= 4 is 29.1 Å². The van der Waals surface area contributed by atoms with E-state index < -0.39 is 0 Å². The second kappa shape index (κ2) is 7.87. The molecule has 0 atom stereocenters. The summed E-state index contributed by atoms with van der Waals surface area (Å²) in [5.74, 6) is 0. The van der Waals surface area contributed by atoms with Gasteiger partial charge in [-0.25, -0.2) is 0 Å². The third-order valence-corrected chi connectivity index (χ3v) is 6.29. The average Bonchev–Trinajstić information content (AvgIpc) is 2.70. The Morgan fingerprint density at radius 2 is 0.680 bits per heavy atom. The first-order chi connectivity index (χ1) is 12.2. The molecule has 25 heavy (non-hydrogen) atoms. The predicted molar refractivity (Wildman–Crippen MR) is 112 cm³/mol. The molecule has 1 heteroatoms. The SMILES string of the molecule is C=Cc1ccc([S+](c2ccc(C=C)cc2)c2ccc(C=C)cc2)cc1. The van der Waals surface area contributed by atoms with Gasteiger partial charge in [-0.3, -0.25) is 0 Å². The minimum atomic E-state index is -0.148. The van der Waals surface area contributed by atoms with Gasteiger partial charge >= 0.3 is 0 Å². The van der Waals surface area contributed by atoms with E-state index in [4.69, 9.17) is 0 Å². The molecule has 0 fully saturated rings. The molecule has 0 saturated heterocycles. The van der Waals surface area contributed by atoms with Crippen LogP contribution in [0.5, 0.6) is 0 Å². The zero-order valence-corrected chi connectivity index (χ0v) is 15.0. The van der Waals surface area contributed by atoms with Gasteiger partial charge in [-0.05, 0) is 89.5 Å². The Hall–Kier alpha value is -2.77. The van der Waals surface area contributed by atoms with Crippen molar-refractivity contribution in [3.63, 3.8) is 0 Å². The van der Waals surface area contributed by atoms with Gasteiger partial charge in [0.1, 0.15) is 0 Å². The van der Waals surface area contributed by atoms with Crippen molar-refractivity contribution < 1.29 is 0 Å². The van der Waals surface area contributed by atoms with Crippen molar-refractivity contribution in [1.29, 1.82) is 0 Å². The summed E-state index contributed by atoms with van der Waals surface area (Å²) in [5.41, 5.74) is 3.41. The van der Waals surface area contributed by atoms with Crippen LogP contribution in [0.4, 0.5) is 0 Å². The fourth-order valence-corrected chi connectivity index (χ4v) is 4.67. The zero-order valence-electron chi connectivity index (χ0n) is 14.2. The fraction of sp³-hybridized carbons (Fsp3) is 0. The second-order valence-corrected chi connectivity index (χ2v) is 7.65. The molecular weight excluding hydrogens is 320 g/mol. The summed E-state index contributed by atoms with van der Waals surface area (Å²) in [6.45, 7) is 11.5. The third-order valence-electron chi connectivity index (χ3n) is 4.05. The highest BCUT2D eigenvalue weighted by Gasteiger charge is 2.28. The van der Waals surface area contributed by atoms with Crippen LogP contribution in [0.2, 0.25) is 0 Å². The minimum absolute atomic E-state index is 0.148. The van der Waals surface area contributed by atoms with Gasteiger partial charge in [0.25, 0.3) is 0 Å². The van der Waals surface area contributed by atoms with Gasteiger partial charge in [-0.2, -0.15) is 0 Å². The molecule has 3 aromatic carbocycles. The van der Waals surface area contributed by atoms with E-state index in [-0.39, 0.29) is 10.9 Å². The van der Waals surface area contributed by atoms with E-state index in [1.54, 1.807) is 0 Å². The lowest BCUT2D eigenvalue weighted by Gasteiger charge is -2.09. The molecule has 0 N–H and O–H groups in total. The van der Waals surface area contributed by atoms with E-state index in [0.717, 1.165) is 16.7 Å².